The second-order valence-corrected chi connectivity index (χ2v) is 41.0. The lowest BCUT2D eigenvalue weighted by molar-refractivity contribution is 0.866. The summed E-state index contributed by atoms with van der Waals surface area (Å²) in [5.74, 6) is 1.98. The van der Waals surface area contributed by atoms with E-state index in [0.717, 1.165) is 39.8 Å². The molecule has 708 valence electrons. The van der Waals surface area contributed by atoms with E-state index in [1.54, 1.807) is 0 Å². The number of para-hydroxylation sites is 9. The summed E-state index contributed by atoms with van der Waals surface area (Å²) in [6.07, 6.45) is 0. The van der Waals surface area contributed by atoms with Crippen LogP contribution in [0.2, 0.25) is 0 Å². The van der Waals surface area contributed by atoms with E-state index in [-0.39, 0.29) is 20.1 Å². The zero-order valence-corrected chi connectivity index (χ0v) is 84.7. The number of benzene rings is 21. The van der Waals surface area contributed by atoms with Gasteiger partial charge in [-0.3, -0.25) is 0 Å². The summed E-state index contributed by atoms with van der Waals surface area (Å²) >= 11 is 0. The molecule has 148 heavy (non-hydrogen) atoms. The van der Waals surface area contributed by atoms with Gasteiger partial charge in [0.15, 0.2) is 0 Å². The number of rotatable bonds is 17. The lowest BCUT2D eigenvalue weighted by Crippen LogP contribution is -2.61. The first-order valence-corrected chi connectivity index (χ1v) is 52.4. The first-order valence-electron chi connectivity index (χ1n) is 52.4. The van der Waals surface area contributed by atoms with Crippen molar-refractivity contribution in [2.24, 2.45) is 0 Å². The number of anilines is 21. The van der Waals surface area contributed by atoms with Crippen LogP contribution in [0.15, 0.2) is 510 Å². The minimum Gasteiger partial charge on any atom is -0.311 e. The third-order valence-electron chi connectivity index (χ3n) is 30.9. The highest BCUT2D eigenvalue weighted by Gasteiger charge is 2.48. The molecule has 0 saturated heterocycles. The predicted molar refractivity (Wildman–Crippen MR) is 634 cm³/mol. The van der Waals surface area contributed by atoms with Gasteiger partial charge in [0, 0.05) is 114 Å². The Kier molecular flexibility index (Phi) is 24.0. The third-order valence-corrected chi connectivity index (χ3v) is 30.9. The molecule has 21 aromatic rings. The molecule has 10 heteroatoms. The Labute approximate surface area is 872 Å². The summed E-state index contributed by atoms with van der Waals surface area (Å²) in [6, 6.07) is 188. The molecule has 0 saturated carbocycles. The van der Waals surface area contributed by atoms with E-state index in [2.05, 4.69) is 599 Å². The molecule has 0 spiro atoms. The molecule has 0 aromatic heterocycles. The third kappa shape index (κ3) is 16.4. The molecular formula is C138H112B3N7. The highest BCUT2D eigenvalue weighted by molar-refractivity contribution is 7.02. The van der Waals surface area contributed by atoms with Crippen molar-refractivity contribution in [3.8, 4) is 44.5 Å². The molecule has 0 bridgehead atoms. The lowest BCUT2D eigenvalue weighted by Gasteiger charge is -2.45. The van der Waals surface area contributed by atoms with Crippen LogP contribution in [0.5, 0.6) is 0 Å². The molecular weight excluding hydrogens is 1790 g/mol. The first kappa shape index (κ1) is 91.6. The van der Waals surface area contributed by atoms with Crippen LogP contribution in [-0.2, 0) is 0 Å². The summed E-state index contributed by atoms with van der Waals surface area (Å²) in [6.45, 7) is 18.3. The molecule has 0 fully saturated rings. The van der Waals surface area contributed by atoms with Gasteiger partial charge >= 0.3 is 0 Å². The molecule has 0 atom stereocenters. The second kappa shape index (κ2) is 38.8. The van der Waals surface area contributed by atoms with E-state index in [4.69, 9.17) is 0 Å². The standard InChI is InChI=1S/C51H47BN2.C45H35BN2.C42H30BN3/c1-33(2)36-17-21-39(22-18-36)41-11-9-12-44(31-41)54-48-30-27-42(40-23-19-37(20-24-40)34(3)4)32-46(48)52-45-13-7-8-14-47(45)53(49-15-10-16-50(54)51(49)52)43-28-25-38(26-29-43)35(5)6;1-31(2)32-23-25-34(26-24-32)36-27-28-42-40(30-36)46-39-19-9-10-20-41(39)47(37-16-7-4-8-17-37)43-21-12-22-44(45(43)46)48(42)38-18-11-15-35(29-38)33-13-5-3-6-14-33;1-5-17-31(18-6-1)44(32-19-7-2-8-20-32)35-29-40-42-41(30-35)46(34-23-11-4-12-24-34)39-28-16-14-26-37(39)43(42)36-25-13-15-27-38(36)45(40)33-21-9-3-10-22-33/h7-35H,1-6H3;3-31H,1-2H3;1-30H. The van der Waals surface area contributed by atoms with Gasteiger partial charge in [-0.05, 0) is 309 Å². The maximum absolute atomic E-state index is 2.51. The number of fused-ring (bicyclic) bond motifs is 12. The van der Waals surface area contributed by atoms with E-state index in [9.17, 15) is 0 Å². The Morgan fingerprint density at radius 3 is 0.696 bits per heavy atom. The molecule has 0 N–H and O–H groups in total. The monoisotopic (exact) mass is 1900 g/mol. The van der Waals surface area contributed by atoms with Gasteiger partial charge in [0.25, 0.3) is 20.1 Å². The Bertz CT molecular complexity index is 8350. The van der Waals surface area contributed by atoms with Gasteiger partial charge in [0.2, 0.25) is 0 Å². The van der Waals surface area contributed by atoms with Gasteiger partial charge in [-0.2, -0.15) is 0 Å². The van der Waals surface area contributed by atoms with Gasteiger partial charge in [-0.25, -0.2) is 0 Å². The lowest BCUT2D eigenvalue weighted by atomic mass is 9.33. The van der Waals surface area contributed by atoms with Crippen LogP contribution in [0.25, 0.3) is 44.5 Å². The smallest absolute Gasteiger partial charge is 0.252 e. The summed E-state index contributed by atoms with van der Waals surface area (Å²) in [4.78, 5) is 17.2. The molecule has 0 amide bonds. The van der Waals surface area contributed by atoms with Crippen molar-refractivity contribution in [3.63, 3.8) is 0 Å². The van der Waals surface area contributed by atoms with Crippen LogP contribution in [0.4, 0.5) is 119 Å². The fourth-order valence-electron chi connectivity index (χ4n) is 23.6. The fraction of sp³-hybridized carbons (Fsp3) is 0.0870. The van der Waals surface area contributed by atoms with Gasteiger partial charge in [0.05, 0.1) is 5.69 Å². The highest BCUT2D eigenvalue weighted by atomic mass is 15.2. The molecule has 6 aliphatic rings. The van der Waals surface area contributed by atoms with E-state index < -0.39 is 0 Å². The topological polar surface area (TPSA) is 22.7 Å². The van der Waals surface area contributed by atoms with E-state index in [1.807, 2.05) is 0 Å². The van der Waals surface area contributed by atoms with Crippen molar-refractivity contribution in [1.29, 1.82) is 0 Å². The van der Waals surface area contributed by atoms with E-state index in [0.29, 0.717) is 23.7 Å². The quantitative estimate of drug-likeness (QED) is 0.0837. The van der Waals surface area contributed by atoms with Crippen LogP contribution in [0.3, 0.4) is 0 Å². The normalized spacial score (nSPS) is 12.9. The Balaban J connectivity index is 0.000000116. The van der Waals surface area contributed by atoms with Crippen molar-refractivity contribution < 1.29 is 0 Å². The largest absolute Gasteiger partial charge is 0.311 e. The molecule has 27 rings (SSSR count). The molecule has 0 aliphatic carbocycles. The Morgan fingerprint density at radius 2 is 0.365 bits per heavy atom. The van der Waals surface area contributed by atoms with Gasteiger partial charge in [0.1, 0.15) is 0 Å². The fourth-order valence-corrected chi connectivity index (χ4v) is 23.6. The average Bonchev–Trinajstić information content (AvgIpc) is 0.703. The minimum absolute atomic E-state index is 0.0754. The number of hydrogen-bond donors (Lipinski definition) is 0. The summed E-state index contributed by atoms with van der Waals surface area (Å²) in [7, 11) is 0. The Morgan fingerprint density at radius 1 is 0.149 bits per heavy atom. The summed E-state index contributed by atoms with van der Waals surface area (Å²) in [5, 5.41) is 0. The molecule has 21 aromatic carbocycles. The molecule has 6 aliphatic heterocycles. The molecule has 0 radical (unpaired) electrons. The summed E-state index contributed by atoms with van der Waals surface area (Å²) < 4.78 is 0. The second-order valence-electron chi connectivity index (χ2n) is 41.0. The van der Waals surface area contributed by atoms with Crippen molar-refractivity contribution in [2.45, 2.75) is 79.1 Å². The summed E-state index contributed by atoms with van der Waals surface area (Å²) in [5.41, 5.74) is 52.1. The van der Waals surface area contributed by atoms with Gasteiger partial charge < -0.3 is 34.3 Å². The van der Waals surface area contributed by atoms with Gasteiger partial charge in [-0.15, -0.1) is 0 Å². The molecule has 7 nitrogen and oxygen atoms in total. The zero-order chi connectivity index (χ0) is 99.7. The SMILES string of the molecule is CC(C)c1ccc(-c2ccc3c(c2)B2c4ccccc4N(c4ccccc4)c4cccc(c42)N3c2cccc(-c3ccccc3)c2)cc1.CC(C)c1ccc(-c2cccc(N3c4ccc(-c5ccc(C(C)C)cc5)cc4B4c5ccccc5N(c5ccc(C(C)C)cc5)c5cccc3c54)c2)cc1.c1ccc(N(c2ccccc2)c2cc3c4c(c2)N(c2ccccc2)c2ccccc2B4c2ccccc2N3c2ccccc2)cc1. The highest BCUT2D eigenvalue weighted by Crippen LogP contribution is 2.52. The first-order chi connectivity index (χ1) is 72.8. The number of hydrogen-bond acceptors (Lipinski definition) is 7. The van der Waals surface area contributed by atoms with Crippen LogP contribution < -0.4 is 83.5 Å². The van der Waals surface area contributed by atoms with Crippen LogP contribution in [-0.4, -0.2) is 20.1 Å². The van der Waals surface area contributed by atoms with Crippen LogP contribution in [0, 0.1) is 0 Å². The average molecular weight is 1900 g/mol. The molecule has 6 heterocycles. The predicted octanol–water partition coefficient (Wildman–Crippen LogP) is 31.9. The zero-order valence-electron chi connectivity index (χ0n) is 84.7. The van der Waals surface area contributed by atoms with Crippen molar-refractivity contribution >= 4 is 189 Å². The molecule has 0 unspecified atom stereocenters. The van der Waals surface area contributed by atoms with E-state index in [1.165, 1.54) is 196 Å². The van der Waals surface area contributed by atoms with Crippen LogP contribution >= 0.6 is 0 Å². The van der Waals surface area contributed by atoms with Crippen molar-refractivity contribution in [3.05, 3.63) is 532 Å². The van der Waals surface area contributed by atoms with E-state index >= 15 is 0 Å². The number of nitrogens with zero attached hydrogens (tertiary/aromatic N) is 7. The van der Waals surface area contributed by atoms with Crippen molar-refractivity contribution in [1.82, 2.24) is 0 Å². The maximum atomic E-state index is 2.51. The maximum Gasteiger partial charge on any atom is 0.252 e. The minimum atomic E-state index is 0.0754. The van der Waals surface area contributed by atoms with Gasteiger partial charge in [-0.1, -0.05) is 395 Å². The Hall–Kier alpha value is -17.6. The van der Waals surface area contributed by atoms with Crippen LogP contribution in [0.1, 0.15) is 101 Å². The van der Waals surface area contributed by atoms with Crippen molar-refractivity contribution in [2.75, 3.05) is 34.3 Å².